The monoisotopic (exact) mass is 285 g/mol. The summed E-state index contributed by atoms with van der Waals surface area (Å²) in [6.07, 6.45) is 1.85. The summed E-state index contributed by atoms with van der Waals surface area (Å²) in [5, 5.41) is 15.0. The van der Waals surface area contributed by atoms with Gasteiger partial charge >= 0.3 is 12.0 Å². The predicted octanol–water partition coefficient (Wildman–Crippen LogP) is 1.27. The number of urea groups is 1. The van der Waals surface area contributed by atoms with Crippen molar-refractivity contribution in [2.75, 3.05) is 20.1 Å². The molecule has 0 aromatic rings. The van der Waals surface area contributed by atoms with Crippen LogP contribution >= 0.6 is 0 Å². The molecule has 0 unspecified atom stereocenters. The van der Waals surface area contributed by atoms with Gasteiger partial charge in [-0.05, 0) is 60.7 Å². The maximum absolute atomic E-state index is 12.0. The highest BCUT2D eigenvalue weighted by atomic mass is 16.4. The average molecular weight is 285 g/mol. The first kappa shape index (κ1) is 16.8. The minimum Gasteiger partial charge on any atom is -0.481 e. The lowest BCUT2D eigenvalue weighted by molar-refractivity contribution is -0.150. The average Bonchev–Trinajstić information content (AvgIpc) is 2.31. The van der Waals surface area contributed by atoms with E-state index in [4.69, 9.17) is 0 Å². The van der Waals surface area contributed by atoms with E-state index >= 15 is 0 Å². The van der Waals surface area contributed by atoms with E-state index in [1.165, 1.54) is 0 Å². The molecule has 1 aliphatic rings. The lowest BCUT2D eigenvalue weighted by atomic mass is 9.74. The zero-order valence-corrected chi connectivity index (χ0v) is 13.1. The van der Waals surface area contributed by atoms with Crippen LogP contribution in [0.15, 0.2) is 0 Å². The van der Waals surface area contributed by atoms with Crippen molar-refractivity contribution >= 4 is 12.0 Å². The molecule has 0 aromatic heterocycles. The van der Waals surface area contributed by atoms with E-state index in [2.05, 4.69) is 22.6 Å². The maximum atomic E-state index is 12.0. The molecule has 0 bridgehead atoms. The Hall–Kier alpha value is -1.30. The molecule has 0 aliphatic carbocycles. The third kappa shape index (κ3) is 3.85. The van der Waals surface area contributed by atoms with Crippen molar-refractivity contribution in [1.82, 2.24) is 15.5 Å². The zero-order chi connectivity index (χ0) is 15.6. The number of aliphatic carboxylic acids is 1. The topological polar surface area (TPSA) is 81.7 Å². The molecule has 0 saturated carbocycles. The van der Waals surface area contributed by atoms with Gasteiger partial charge in [0.1, 0.15) is 0 Å². The van der Waals surface area contributed by atoms with Gasteiger partial charge in [0.15, 0.2) is 0 Å². The maximum Gasteiger partial charge on any atom is 0.315 e. The van der Waals surface area contributed by atoms with Gasteiger partial charge in [0.05, 0.1) is 11.0 Å². The molecule has 0 atom stereocenters. The lowest BCUT2D eigenvalue weighted by Gasteiger charge is -2.39. The number of carboxylic acid groups (broad SMARTS) is 1. The second kappa shape index (κ2) is 5.99. The Morgan fingerprint density at radius 2 is 1.65 bits per heavy atom. The molecule has 1 aliphatic heterocycles. The number of hydrogen-bond acceptors (Lipinski definition) is 3. The molecule has 1 rings (SSSR count). The van der Waals surface area contributed by atoms with Gasteiger partial charge in [-0.1, -0.05) is 0 Å². The van der Waals surface area contributed by atoms with Crippen LogP contribution in [0, 0.1) is 5.41 Å². The number of carbonyl (C=O) groups is 2. The Morgan fingerprint density at radius 3 is 2.10 bits per heavy atom. The summed E-state index contributed by atoms with van der Waals surface area (Å²) >= 11 is 0. The zero-order valence-electron chi connectivity index (χ0n) is 13.1. The van der Waals surface area contributed by atoms with Crippen LogP contribution in [0.3, 0.4) is 0 Å². The standard InChI is InChI=1S/C14H27N3O3/c1-13(2,11(18)19)14(3,4)16-12(20)15-10-6-8-17(5)9-7-10/h10H,6-9H2,1-5H3,(H,18,19)(H2,15,16,20). The van der Waals surface area contributed by atoms with Crippen molar-refractivity contribution in [3.05, 3.63) is 0 Å². The number of piperidine rings is 1. The van der Waals surface area contributed by atoms with Crippen molar-refractivity contribution in [2.24, 2.45) is 5.41 Å². The van der Waals surface area contributed by atoms with Gasteiger partial charge in [0.25, 0.3) is 0 Å². The van der Waals surface area contributed by atoms with Crippen LogP contribution in [0.4, 0.5) is 4.79 Å². The third-order valence-corrected chi connectivity index (χ3v) is 4.58. The number of amides is 2. The Labute approximate surface area is 120 Å². The van der Waals surface area contributed by atoms with E-state index in [1.54, 1.807) is 27.7 Å². The van der Waals surface area contributed by atoms with E-state index in [0.29, 0.717) is 0 Å². The Morgan fingerprint density at radius 1 is 1.15 bits per heavy atom. The smallest absolute Gasteiger partial charge is 0.315 e. The molecule has 116 valence electrons. The second-order valence-corrected chi connectivity index (χ2v) is 6.73. The summed E-state index contributed by atoms with van der Waals surface area (Å²) in [5.41, 5.74) is -1.88. The van der Waals surface area contributed by atoms with Crippen LogP contribution in [-0.2, 0) is 4.79 Å². The fourth-order valence-corrected chi connectivity index (χ4v) is 2.08. The minimum absolute atomic E-state index is 0.162. The van der Waals surface area contributed by atoms with Crippen LogP contribution in [-0.4, -0.2) is 53.7 Å². The number of carbonyl (C=O) groups excluding carboxylic acids is 1. The highest BCUT2D eigenvalue weighted by Gasteiger charge is 2.44. The van der Waals surface area contributed by atoms with Crippen molar-refractivity contribution < 1.29 is 14.7 Å². The lowest BCUT2D eigenvalue weighted by Crippen LogP contribution is -2.60. The van der Waals surface area contributed by atoms with E-state index in [9.17, 15) is 14.7 Å². The fourth-order valence-electron chi connectivity index (χ4n) is 2.08. The molecule has 0 aromatic carbocycles. The van der Waals surface area contributed by atoms with E-state index in [0.717, 1.165) is 25.9 Å². The number of hydrogen-bond donors (Lipinski definition) is 3. The molecular weight excluding hydrogens is 258 g/mol. The summed E-state index contributed by atoms with van der Waals surface area (Å²) in [6.45, 7) is 8.63. The van der Waals surface area contributed by atoms with Gasteiger partial charge in [0, 0.05) is 6.04 Å². The molecule has 20 heavy (non-hydrogen) atoms. The number of nitrogens with zero attached hydrogens (tertiary/aromatic N) is 1. The van der Waals surface area contributed by atoms with Crippen LogP contribution in [0.25, 0.3) is 0 Å². The van der Waals surface area contributed by atoms with Crippen molar-refractivity contribution in [3.8, 4) is 0 Å². The second-order valence-electron chi connectivity index (χ2n) is 6.73. The first-order valence-electron chi connectivity index (χ1n) is 7.07. The highest BCUT2D eigenvalue weighted by Crippen LogP contribution is 2.30. The van der Waals surface area contributed by atoms with Gasteiger partial charge in [-0.25, -0.2) is 4.79 Å². The van der Waals surface area contributed by atoms with Crippen molar-refractivity contribution in [1.29, 1.82) is 0 Å². The number of rotatable bonds is 4. The van der Waals surface area contributed by atoms with E-state index in [1.807, 2.05) is 0 Å². The molecule has 1 fully saturated rings. The summed E-state index contributed by atoms with van der Waals surface area (Å²) < 4.78 is 0. The fraction of sp³-hybridized carbons (Fsp3) is 0.857. The minimum atomic E-state index is -1.04. The highest BCUT2D eigenvalue weighted by molar-refractivity contribution is 5.79. The van der Waals surface area contributed by atoms with Crippen LogP contribution < -0.4 is 10.6 Å². The third-order valence-electron chi connectivity index (χ3n) is 4.58. The normalized spacial score (nSPS) is 18.6. The molecular formula is C14H27N3O3. The van der Waals surface area contributed by atoms with Gasteiger partial charge in [0.2, 0.25) is 0 Å². The quantitative estimate of drug-likeness (QED) is 0.726. The number of nitrogens with one attached hydrogen (secondary N) is 2. The molecule has 0 spiro atoms. The molecule has 6 nitrogen and oxygen atoms in total. The van der Waals surface area contributed by atoms with Gasteiger partial charge < -0.3 is 20.6 Å². The van der Waals surface area contributed by atoms with Crippen molar-refractivity contribution in [3.63, 3.8) is 0 Å². The van der Waals surface area contributed by atoms with Crippen LogP contribution in [0.1, 0.15) is 40.5 Å². The molecule has 2 amide bonds. The van der Waals surface area contributed by atoms with Crippen LogP contribution in [0.5, 0.6) is 0 Å². The van der Waals surface area contributed by atoms with Gasteiger partial charge in [-0.2, -0.15) is 0 Å². The summed E-state index contributed by atoms with van der Waals surface area (Å²) in [6, 6.07) is -0.131. The number of likely N-dealkylation sites (tertiary alicyclic amines) is 1. The molecule has 6 heteroatoms. The SMILES string of the molecule is CN1CCC(NC(=O)NC(C)(C)C(C)(C)C(=O)O)CC1. The Balaban J connectivity index is 2.55. The summed E-state index contributed by atoms with van der Waals surface area (Å²) in [5.74, 6) is -0.929. The first-order valence-corrected chi connectivity index (χ1v) is 7.07. The summed E-state index contributed by atoms with van der Waals surface area (Å²) in [4.78, 5) is 25.6. The molecule has 1 saturated heterocycles. The van der Waals surface area contributed by atoms with E-state index < -0.39 is 16.9 Å². The molecule has 1 heterocycles. The predicted molar refractivity (Wildman–Crippen MR) is 77.7 cm³/mol. The first-order chi connectivity index (χ1) is 9.06. The molecule has 0 radical (unpaired) electrons. The number of carboxylic acids is 1. The summed E-state index contributed by atoms with van der Waals surface area (Å²) in [7, 11) is 2.06. The van der Waals surface area contributed by atoms with E-state index in [-0.39, 0.29) is 12.1 Å². The largest absolute Gasteiger partial charge is 0.481 e. The Kier molecular flexibility index (Phi) is 5.02. The van der Waals surface area contributed by atoms with Gasteiger partial charge in [-0.15, -0.1) is 0 Å². The Bertz CT molecular complexity index is 372. The molecule has 3 N–H and O–H groups in total. The van der Waals surface area contributed by atoms with Crippen LogP contribution in [0.2, 0.25) is 0 Å². The van der Waals surface area contributed by atoms with Gasteiger partial charge in [-0.3, -0.25) is 4.79 Å². The van der Waals surface area contributed by atoms with Crippen molar-refractivity contribution in [2.45, 2.75) is 52.1 Å².